The van der Waals surface area contributed by atoms with Crippen LogP contribution in [-0.4, -0.2) is 10.1 Å². The Morgan fingerprint density at radius 2 is 0.862 bits per heavy atom. The van der Waals surface area contributed by atoms with E-state index in [0.29, 0.717) is 0 Å². The summed E-state index contributed by atoms with van der Waals surface area (Å²) in [7, 11) is 0. The van der Waals surface area contributed by atoms with Gasteiger partial charge in [-0.2, -0.15) is 0 Å². The van der Waals surface area contributed by atoms with E-state index in [9.17, 15) is 10.4 Å². The molecule has 0 fully saturated rings. The Morgan fingerprint density at radius 3 is 1.21 bits per heavy atom. The van der Waals surface area contributed by atoms with Crippen molar-refractivity contribution in [3.63, 3.8) is 0 Å². The number of hydroxylamine groups is 4. The number of rotatable bonds is 2. The van der Waals surface area contributed by atoms with E-state index in [1.165, 1.54) is 21.3 Å². The molecule has 0 unspecified atom stereocenters. The van der Waals surface area contributed by atoms with E-state index in [1.807, 2.05) is 55.4 Å². The molecule has 4 heteroatoms. The zero-order chi connectivity index (χ0) is 21.6. The van der Waals surface area contributed by atoms with Gasteiger partial charge in [0.15, 0.2) is 0 Å². The molecule has 0 bridgehead atoms. The second-order valence-electron chi connectivity index (χ2n) is 10.8. The molecule has 0 aliphatic carbocycles. The smallest absolute Gasteiger partial charge is 0.0699 e. The Morgan fingerprint density at radius 1 is 0.552 bits per heavy atom. The fraction of sp³-hybridized carbons (Fsp3) is 0.520. The summed E-state index contributed by atoms with van der Waals surface area (Å²) < 4.78 is 0. The molecule has 0 N–H and O–H groups in total. The molecule has 0 atom stereocenters. The molecular weight excluding hydrogens is 360 g/mol. The maximum absolute atomic E-state index is 12.8. The molecule has 2 radical (unpaired) electrons. The van der Waals surface area contributed by atoms with Crippen LogP contribution in [0.2, 0.25) is 0 Å². The average molecular weight is 393 g/mol. The number of hydrogen-bond donors (Lipinski definition) is 0. The Hall–Kier alpha value is -1.72. The molecule has 29 heavy (non-hydrogen) atoms. The summed E-state index contributed by atoms with van der Waals surface area (Å²) in [5.41, 5.74) is 4.72. The maximum atomic E-state index is 12.8. The third-order valence-corrected chi connectivity index (χ3v) is 7.24. The molecule has 0 saturated carbocycles. The van der Waals surface area contributed by atoms with Gasteiger partial charge in [-0.1, -0.05) is 36.4 Å². The molecular formula is C25H32N2O2. The van der Waals surface area contributed by atoms with Crippen LogP contribution in [0, 0.1) is 0 Å². The molecule has 2 aliphatic heterocycles. The van der Waals surface area contributed by atoms with E-state index in [0.717, 1.165) is 28.7 Å². The molecule has 2 aliphatic rings. The average Bonchev–Trinajstić information content (AvgIpc) is 2.86. The lowest BCUT2D eigenvalue weighted by Crippen LogP contribution is -2.41. The molecule has 2 heterocycles. The molecule has 154 valence electrons. The van der Waals surface area contributed by atoms with Crippen LogP contribution in [0.3, 0.4) is 0 Å². The fourth-order valence-electron chi connectivity index (χ4n) is 5.55. The standard InChI is InChI=1S/C25H32N2O2/c1-22(2)18-11-9-16(14-20(18)24(5,6)26(22)28)13-17-10-12-19-21(15-17)25(7,8)27(29)23(19,3)4/h9-12,14-15H,13H2,1-8H3. The first kappa shape index (κ1) is 20.5. The molecule has 0 aromatic heterocycles. The number of hydrogen-bond acceptors (Lipinski definition) is 2. The van der Waals surface area contributed by atoms with E-state index in [1.54, 1.807) is 0 Å². The van der Waals surface area contributed by atoms with Crippen molar-refractivity contribution in [2.24, 2.45) is 0 Å². The molecule has 2 aromatic carbocycles. The third kappa shape index (κ3) is 2.66. The van der Waals surface area contributed by atoms with Crippen LogP contribution >= 0.6 is 0 Å². The van der Waals surface area contributed by atoms with Crippen molar-refractivity contribution >= 4 is 0 Å². The van der Waals surface area contributed by atoms with Gasteiger partial charge in [-0.25, -0.2) is 0 Å². The molecule has 2 aromatic rings. The second-order valence-corrected chi connectivity index (χ2v) is 10.8. The van der Waals surface area contributed by atoms with Crippen LogP contribution < -0.4 is 0 Å². The van der Waals surface area contributed by atoms with Crippen LogP contribution in [0.25, 0.3) is 0 Å². The summed E-state index contributed by atoms with van der Waals surface area (Å²) >= 11 is 0. The van der Waals surface area contributed by atoms with Crippen LogP contribution in [0.5, 0.6) is 0 Å². The van der Waals surface area contributed by atoms with Gasteiger partial charge in [-0.05, 0) is 95.2 Å². The van der Waals surface area contributed by atoms with Gasteiger partial charge in [0.2, 0.25) is 0 Å². The predicted molar refractivity (Wildman–Crippen MR) is 113 cm³/mol. The van der Waals surface area contributed by atoms with Gasteiger partial charge in [0, 0.05) is 0 Å². The van der Waals surface area contributed by atoms with E-state index < -0.39 is 22.2 Å². The molecule has 0 saturated heterocycles. The summed E-state index contributed by atoms with van der Waals surface area (Å²) in [5.74, 6) is 0. The van der Waals surface area contributed by atoms with Crippen LogP contribution in [0.4, 0.5) is 0 Å². The van der Waals surface area contributed by atoms with Crippen molar-refractivity contribution in [1.29, 1.82) is 0 Å². The largest absolute Gasteiger partial charge is 0.135 e. The van der Waals surface area contributed by atoms with Gasteiger partial charge in [-0.3, -0.25) is 0 Å². The molecule has 0 amide bonds. The van der Waals surface area contributed by atoms with E-state index in [4.69, 9.17) is 0 Å². The maximum Gasteiger partial charge on any atom is 0.0699 e. The zero-order valence-electron chi connectivity index (χ0n) is 18.9. The number of fused-ring (bicyclic) bond motifs is 2. The summed E-state index contributed by atoms with van der Waals surface area (Å²) in [4.78, 5) is 0. The van der Waals surface area contributed by atoms with Gasteiger partial charge < -0.3 is 0 Å². The van der Waals surface area contributed by atoms with Gasteiger partial charge in [0.1, 0.15) is 0 Å². The Balaban J connectivity index is 1.72. The Kier molecular flexibility index (Phi) is 4.19. The van der Waals surface area contributed by atoms with Gasteiger partial charge in [-0.15, -0.1) is 20.5 Å². The highest BCUT2D eigenvalue weighted by Crippen LogP contribution is 2.50. The SMILES string of the molecule is CC1(C)c2ccc(Cc3ccc4c(c3)C(C)(C)N([O])C4(C)C)cc2C(C)(C)N1[O]. The highest BCUT2D eigenvalue weighted by Gasteiger charge is 2.51. The van der Waals surface area contributed by atoms with Crippen molar-refractivity contribution in [3.05, 3.63) is 69.8 Å². The van der Waals surface area contributed by atoms with Crippen molar-refractivity contribution in [3.8, 4) is 0 Å². The Bertz CT molecular complexity index is 909. The summed E-state index contributed by atoms with van der Waals surface area (Å²) in [6.45, 7) is 16.0. The first-order valence-corrected chi connectivity index (χ1v) is 10.4. The van der Waals surface area contributed by atoms with E-state index >= 15 is 0 Å². The number of nitrogens with zero attached hydrogens (tertiary/aromatic N) is 2. The minimum Gasteiger partial charge on any atom is -0.135 e. The quantitative estimate of drug-likeness (QED) is 0.673. The Labute approximate surface area is 174 Å². The van der Waals surface area contributed by atoms with Gasteiger partial charge in [0.25, 0.3) is 0 Å². The minimum absolute atomic E-state index is 0.516. The van der Waals surface area contributed by atoms with Crippen LogP contribution in [0.15, 0.2) is 36.4 Å². The highest BCUT2D eigenvalue weighted by molar-refractivity contribution is 5.48. The first-order valence-electron chi connectivity index (χ1n) is 10.4. The number of benzene rings is 2. The topological polar surface area (TPSA) is 46.3 Å². The van der Waals surface area contributed by atoms with Crippen molar-refractivity contribution in [2.45, 2.75) is 84.0 Å². The lowest BCUT2D eigenvalue weighted by molar-refractivity contribution is -0.266. The fourth-order valence-corrected chi connectivity index (χ4v) is 5.55. The van der Waals surface area contributed by atoms with Crippen molar-refractivity contribution in [1.82, 2.24) is 10.1 Å². The second kappa shape index (κ2) is 5.92. The summed E-state index contributed by atoms with van der Waals surface area (Å²) in [5, 5.41) is 28.1. The van der Waals surface area contributed by atoms with E-state index in [-0.39, 0.29) is 0 Å². The lowest BCUT2D eigenvalue weighted by Gasteiger charge is -2.32. The molecule has 4 nitrogen and oxygen atoms in total. The first-order chi connectivity index (χ1) is 13.2. The minimum atomic E-state index is -0.540. The zero-order valence-corrected chi connectivity index (χ0v) is 18.9. The van der Waals surface area contributed by atoms with E-state index in [2.05, 4.69) is 36.4 Å². The van der Waals surface area contributed by atoms with Crippen molar-refractivity contribution < 1.29 is 10.4 Å². The monoisotopic (exact) mass is 392 g/mol. The lowest BCUT2D eigenvalue weighted by atomic mass is 9.86. The summed E-state index contributed by atoms with van der Waals surface area (Å²) in [6.07, 6.45) is 0.783. The summed E-state index contributed by atoms with van der Waals surface area (Å²) in [6, 6.07) is 12.9. The normalized spacial score (nSPS) is 23.8. The van der Waals surface area contributed by atoms with Crippen LogP contribution in [-0.2, 0) is 39.0 Å². The van der Waals surface area contributed by atoms with Gasteiger partial charge in [0.05, 0.1) is 22.2 Å². The van der Waals surface area contributed by atoms with Crippen molar-refractivity contribution in [2.75, 3.05) is 0 Å². The highest BCUT2D eigenvalue weighted by atomic mass is 16.5. The molecule has 0 spiro atoms. The third-order valence-electron chi connectivity index (χ3n) is 7.24. The predicted octanol–water partition coefficient (Wildman–Crippen LogP) is 5.54. The van der Waals surface area contributed by atoms with Gasteiger partial charge >= 0.3 is 0 Å². The van der Waals surface area contributed by atoms with Crippen LogP contribution in [0.1, 0.15) is 88.8 Å². The molecule has 4 rings (SSSR count).